The van der Waals surface area contributed by atoms with E-state index in [0.717, 1.165) is 0 Å². The standard InChI is InChI=1S/C11H15BrS/c1-3-5-6-9(4-2)10-7-8-11(12)13-10/h3,5,7-9H,4,6H2,1-2H3/b5-3-. The van der Waals surface area contributed by atoms with Crippen molar-refractivity contribution >= 4 is 27.3 Å². The maximum absolute atomic E-state index is 3.50. The Balaban J connectivity index is 2.66. The van der Waals surface area contributed by atoms with Crippen molar-refractivity contribution in [3.8, 4) is 0 Å². The summed E-state index contributed by atoms with van der Waals surface area (Å²) in [7, 11) is 0. The number of hydrogen-bond donors (Lipinski definition) is 0. The molecule has 1 aromatic heterocycles. The summed E-state index contributed by atoms with van der Waals surface area (Å²) in [5, 5.41) is 0. The van der Waals surface area contributed by atoms with Gasteiger partial charge in [-0.15, -0.1) is 11.3 Å². The van der Waals surface area contributed by atoms with Crippen LogP contribution >= 0.6 is 27.3 Å². The van der Waals surface area contributed by atoms with Crippen LogP contribution < -0.4 is 0 Å². The van der Waals surface area contributed by atoms with Crippen molar-refractivity contribution < 1.29 is 0 Å². The molecular formula is C11H15BrS. The van der Waals surface area contributed by atoms with Gasteiger partial charge in [-0.05, 0) is 53.7 Å². The average Bonchev–Trinajstić information content (AvgIpc) is 2.54. The van der Waals surface area contributed by atoms with Gasteiger partial charge >= 0.3 is 0 Å². The topological polar surface area (TPSA) is 0 Å². The predicted octanol–water partition coefficient (Wildman–Crippen LogP) is 4.97. The van der Waals surface area contributed by atoms with Crippen molar-refractivity contribution in [2.45, 2.75) is 32.6 Å². The van der Waals surface area contributed by atoms with Crippen LogP contribution in [0.5, 0.6) is 0 Å². The molecule has 0 aliphatic heterocycles. The van der Waals surface area contributed by atoms with E-state index in [-0.39, 0.29) is 0 Å². The molecule has 0 saturated heterocycles. The Labute approximate surface area is 92.8 Å². The average molecular weight is 259 g/mol. The van der Waals surface area contributed by atoms with Crippen LogP contribution in [0.2, 0.25) is 0 Å². The molecule has 0 spiro atoms. The molecule has 0 fully saturated rings. The Morgan fingerprint density at radius 2 is 2.31 bits per heavy atom. The van der Waals surface area contributed by atoms with Crippen LogP contribution in [0, 0.1) is 0 Å². The van der Waals surface area contributed by atoms with E-state index in [1.54, 1.807) is 0 Å². The smallest absolute Gasteiger partial charge is 0.0701 e. The number of allylic oxidation sites excluding steroid dienone is 2. The summed E-state index contributed by atoms with van der Waals surface area (Å²) in [6.45, 7) is 4.33. The molecule has 13 heavy (non-hydrogen) atoms. The molecule has 0 amide bonds. The van der Waals surface area contributed by atoms with Gasteiger partial charge in [-0.1, -0.05) is 19.1 Å². The fraction of sp³-hybridized carbons (Fsp3) is 0.455. The highest BCUT2D eigenvalue weighted by Crippen LogP contribution is 2.32. The molecular weight excluding hydrogens is 244 g/mol. The zero-order chi connectivity index (χ0) is 9.68. The molecule has 0 N–H and O–H groups in total. The quantitative estimate of drug-likeness (QED) is 0.669. The minimum Gasteiger partial charge on any atom is -0.133 e. The molecule has 1 heterocycles. The molecule has 1 atom stereocenters. The lowest BCUT2D eigenvalue weighted by Crippen LogP contribution is -1.91. The van der Waals surface area contributed by atoms with Crippen molar-refractivity contribution in [3.63, 3.8) is 0 Å². The molecule has 72 valence electrons. The predicted molar refractivity (Wildman–Crippen MR) is 64.5 cm³/mol. The third-order valence-electron chi connectivity index (χ3n) is 2.15. The largest absolute Gasteiger partial charge is 0.133 e. The minimum atomic E-state index is 0.701. The summed E-state index contributed by atoms with van der Waals surface area (Å²) in [6, 6.07) is 4.37. The van der Waals surface area contributed by atoms with Gasteiger partial charge in [0.1, 0.15) is 0 Å². The molecule has 0 bridgehead atoms. The van der Waals surface area contributed by atoms with Gasteiger partial charge in [0.05, 0.1) is 3.79 Å². The third kappa shape index (κ3) is 3.28. The van der Waals surface area contributed by atoms with Crippen LogP contribution in [-0.4, -0.2) is 0 Å². The maximum atomic E-state index is 3.50. The van der Waals surface area contributed by atoms with Crippen molar-refractivity contribution in [2.75, 3.05) is 0 Å². The second-order valence-electron chi connectivity index (χ2n) is 3.05. The summed E-state index contributed by atoms with van der Waals surface area (Å²) in [5.41, 5.74) is 0. The molecule has 0 aliphatic rings. The summed E-state index contributed by atoms with van der Waals surface area (Å²) < 4.78 is 1.24. The van der Waals surface area contributed by atoms with Gasteiger partial charge in [-0.25, -0.2) is 0 Å². The van der Waals surface area contributed by atoms with Crippen LogP contribution in [0.25, 0.3) is 0 Å². The van der Waals surface area contributed by atoms with Gasteiger partial charge in [0.15, 0.2) is 0 Å². The Bertz CT molecular complexity index is 275. The lowest BCUT2D eigenvalue weighted by Gasteiger charge is -2.09. The Hall–Kier alpha value is -0.0800. The molecule has 1 aromatic rings. The number of thiophene rings is 1. The minimum absolute atomic E-state index is 0.701. The zero-order valence-electron chi connectivity index (χ0n) is 8.09. The first-order valence-electron chi connectivity index (χ1n) is 4.64. The Kier molecular flexibility index (Phi) is 4.74. The van der Waals surface area contributed by atoms with E-state index < -0.39 is 0 Å². The van der Waals surface area contributed by atoms with Gasteiger partial charge in [-0.3, -0.25) is 0 Å². The molecule has 0 aromatic carbocycles. The van der Waals surface area contributed by atoms with E-state index in [9.17, 15) is 0 Å². The van der Waals surface area contributed by atoms with Crippen molar-refractivity contribution in [1.29, 1.82) is 0 Å². The zero-order valence-corrected chi connectivity index (χ0v) is 10.5. The molecule has 2 heteroatoms. The molecule has 1 rings (SSSR count). The van der Waals surface area contributed by atoms with Crippen LogP contribution in [0.1, 0.15) is 37.5 Å². The molecule has 0 nitrogen and oxygen atoms in total. The highest BCUT2D eigenvalue weighted by molar-refractivity contribution is 9.11. The van der Waals surface area contributed by atoms with Crippen molar-refractivity contribution in [3.05, 3.63) is 32.9 Å². The van der Waals surface area contributed by atoms with Crippen LogP contribution in [0.4, 0.5) is 0 Å². The fourth-order valence-corrected chi connectivity index (χ4v) is 2.95. The normalized spacial score (nSPS) is 13.8. The first kappa shape index (κ1) is 11.0. The molecule has 0 saturated carbocycles. The van der Waals surface area contributed by atoms with Gasteiger partial charge in [0.2, 0.25) is 0 Å². The Morgan fingerprint density at radius 1 is 1.54 bits per heavy atom. The SMILES string of the molecule is C/C=C\CC(CC)c1ccc(Br)s1. The van der Waals surface area contributed by atoms with Gasteiger partial charge in [0, 0.05) is 4.88 Å². The fourth-order valence-electron chi connectivity index (χ4n) is 1.33. The van der Waals surface area contributed by atoms with E-state index in [1.807, 2.05) is 11.3 Å². The number of hydrogen-bond acceptors (Lipinski definition) is 1. The number of halogens is 1. The van der Waals surface area contributed by atoms with E-state index in [0.29, 0.717) is 5.92 Å². The lowest BCUT2D eigenvalue weighted by atomic mass is 10.0. The van der Waals surface area contributed by atoms with Gasteiger partial charge in [-0.2, -0.15) is 0 Å². The third-order valence-corrected chi connectivity index (χ3v) is 3.93. The summed E-state index contributed by atoms with van der Waals surface area (Å²) in [5.74, 6) is 0.701. The summed E-state index contributed by atoms with van der Waals surface area (Å²) in [6.07, 6.45) is 6.77. The molecule has 1 unspecified atom stereocenters. The van der Waals surface area contributed by atoms with Gasteiger partial charge < -0.3 is 0 Å². The first-order chi connectivity index (χ1) is 6.27. The first-order valence-corrected chi connectivity index (χ1v) is 6.25. The van der Waals surface area contributed by atoms with Gasteiger partial charge in [0.25, 0.3) is 0 Å². The van der Waals surface area contributed by atoms with Crippen molar-refractivity contribution in [2.24, 2.45) is 0 Å². The van der Waals surface area contributed by atoms with Crippen molar-refractivity contribution in [1.82, 2.24) is 0 Å². The molecule has 0 radical (unpaired) electrons. The van der Waals surface area contributed by atoms with Crippen LogP contribution in [0.15, 0.2) is 28.1 Å². The maximum Gasteiger partial charge on any atom is 0.0701 e. The molecule has 0 aliphatic carbocycles. The van der Waals surface area contributed by atoms with Crippen LogP contribution in [0.3, 0.4) is 0 Å². The van der Waals surface area contributed by atoms with Crippen LogP contribution in [-0.2, 0) is 0 Å². The lowest BCUT2D eigenvalue weighted by molar-refractivity contribution is 0.686. The van der Waals surface area contributed by atoms with E-state index >= 15 is 0 Å². The summed E-state index contributed by atoms with van der Waals surface area (Å²) in [4.78, 5) is 1.49. The second-order valence-corrected chi connectivity index (χ2v) is 5.55. The monoisotopic (exact) mass is 258 g/mol. The van der Waals surface area contributed by atoms with E-state index in [2.05, 4.69) is 54.1 Å². The highest BCUT2D eigenvalue weighted by Gasteiger charge is 2.09. The van der Waals surface area contributed by atoms with E-state index in [1.165, 1.54) is 21.5 Å². The number of rotatable bonds is 4. The second kappa shape index (κ2) is 5.61. The Morgan fingerprint density at radius 3 is 2.77 bits per heavy atom. The van der Waals surface area contributed by atoms with E-state index in [4.69, 9.17) is 0 Å². The summed E-state index contributed by atoms with van der Waals surface area (Å²) >= 11 is 5.35. The highest BCUT2D eigenvalue weighted by atomic mass is 79.9.